The number of methoxy groups -OCH3 is 2. The van der Waals surface area contributed by atoms with Crippen LogP contribution in [-0.2, 0) is 6.54 Å². The summed E-state index contributed by atoms with van der Waals surface area (Å²) in [7, 11) is 2.79. The number of anilines is 1. The van der Waals surface area contributed by atoms with Gasteiger partial charge in [0.1, 0.15) is 0 Å². The van der Waals surface area contributed by atoms with Gasteiger partial charge in [-0.05, 0) is 18.2 Å². The molecule has 0 amide bonds. The van der Waals surface area contributed by atoms with Crippen molar-refractivity contribution < 1.29 is 23.2 Å². The van der Waals surface area contributed by atoms with Crippen LogP contribution in [-0.4, -0.2) is 19.1 Å². The average molecular weight is 324 g/mol. The van der Waals surface area contributed by atoms with Gasteiger partial charge in [-0.3, -0.25) is 10.1 Å². The van der Waals surface area contributed by atoms with E-state index >= 15 is 0 Å². The van der Waals surface area contributed by atoms with Crippen LogP contribution in [0.25, 0.3) is 0 Å². The summed E-state index contributed by atoms with van der Waals surface area (Å²) < 4.78 is 36.2. The zero-order valence-electron chi connectivity index (χ0n) is 12.4. The number of halogens is 2. The first-order chi connectivity index (χ1) is 11.0. The third-order valence-electron chi connectivity index (χ3n) is 3.18. The molecule has 0 aliphatic rings. The highest BCUT2D eigenvalue weighted by Crippen LogP contribution is 2.34. The van der Waals surface area contributed by atoms with Crippen molar-refractivity contribution in [2.24, 2.45) is 0 Å². The Kier molecular flexibility index (Phi) is 4.95. The summed E-state index contributed by atoms with van der Waals surface area (Å²) in [5, 5.41) is 14.0. The van der Waals surface area contributed by atoms with Gasteiger partial charge < -0.3 is 14.8 Å². The van der Waals surface area contributed by atoms with E-state index in [1.807, 2.05) is 0 Å². The van der Waals surface area contributed by atoms with E-state index in [1.165, 1.54) is 32.4 Å². The minimum absolute atomic E-state index is 0.0295. The lowest BCUT2D eigenvalue weighted by molar-refractivity contribution is -0.385. The first-order valence-electron chi connectivity index (χ1n) is 6.54. The van der Waals surface area contributed by atoms with Crippen LogP contribution in [0.2, 0.25) is 0 Å². The number of hydrogen-bond donors (Lipinski definition) is 1. The molecule has 0 heterocycles. The van der Waals surface area contributed by atoms with E-state index in [-0.39, 0.29) is 18.0 Å². The Morgan fingerprint density at radius 1 is 1.09 bits per heavy atom. The van der Waals surface area contributed by atoms with Crippen molar-refractivity contribution in [1.82, 2.24) is 0 Å². The molecule has 0 saturated carbocycles. The van der Waals surface area contributed by atoms with Crippen LogP contribution in [0.15, 0.2) is 30.3 Å². The van der Waals surface area contributed by atoms with Gasteiger partial charge in [-0.1, -0.05) is 0 Å². The monoisotopic (exact) mass is 324 g/mol. The molecule has 0 unspecified atom stereocenters. The number of hydrogen-bond acceptors (Lipinski definition) is 5. The predicted molar refractivity (Wildman–Crippen MR) is 79.9 cm³/mol. The molecule has 2 aromatic carbocycles. The van der Waals surface area contributed by atoms with E-state index in [9.17, 15) is 18.9 Å². The largest absolute Gasteiger partial charge is 0.493 e. The summed E-state index contributed by atoms with van der Waals surface area (Å²) in [6.07, 6.45) is 0. The molecule has 0 saturated heterocycles. The molecule has 8 heteroatoms. The van der Waals surface area contributed by atoms with Crippen molar-refractivity contribution in [3.05, 3.63) is 57.6 Å². The molecular formula is C15H14F2N2O4. The van der Waals surface area contributed by atoms with Gasteiger partial charge in [-0.2, -0.15) is 0 Å². The molecule has 2 aromatic rings. The van der Waals surface area contributed by atoms with Crippen molar-refractivity contribution >= 4 is 11.4 Å². The normalized spacial score (nSPS) is 10.3. The van der Waals surface area contributed by atoms with Crippen LogP contribution in [0.3, 0.4) is 0 Å². The minimum Gasteiger partial charge on any atom is -0.493 e. The zero-order chi connectivity index (χ0) is 17.0. The minimum atomic E-state index is -1.00. The highest BCUT2D eigenvalue weighted by molar-refractivity contribution is 5.56. The van der Waals surface area contributed by atoms with Crippen LogP contribution >= 0.6 is 0 Å². The Labute approximate surface area is 130 Å². The molecule has 0 fully saturated rings. The molecule has 0 aliphatic carbocycles. The third-order valence-corrected chi connectivity index (χ3v) is 3.18. The lowest BCUT2D eigenvalue weighted by Crippen LogP contribution is -2.05. The van der Waals surface area contributed by atoms with Gasteiger partial charge in [0.2, 0.25) is 0 Å². The number of nitro benzene ring substituents is 1. The lowest BCUT2D eigenvalue weighted by atomic mass is 10.1. The van der Waals surface area contributed by atoms with E-state index in [0.29, 0.717) is 17.0 Å². The van der Waals surface area contributed by atoms with Gasteiger partial charge >= 0.3 is 0 Å². The van der Waals surface area contributed by atoms with E-state index in [2.05, 4.69) is 5.32 Å². The van der Waals surface area contributed by atoms with Crippen molar-refractivity contribution in [1.29, 1.82) is 0 Å². The Balaban J connectivity index is 2.30. The number of benzene rings is 2. The van der Waals surface area contributed by atoms with Crippen molar-refractivity contribution in [2.45, 2.75) is 6.54 Å². The second kappa shape index (κ2) is 6.91. The number of rotatable bonds is 6. The molecule has 0 aliphatic heterocycles. The molecular weight excluding hydrogens is 310 g/mol. The maximum atomic E-state index is 13.2. The van der Waals surface area contributed by atoms with Crippen LogP contribution in [0.1, 0.15) is 5.56 Å². The second-order valence-electron chi connectivity index (χ2n) is 4.58. The lowest BCUT2D eigenvalue weighted by Gasteiger charge is -2.12. The summed E-state index contributed by atoms with van der Waals surface area (Å²) in [4.78, 5) is 10.6. The molecule has 0 aromatic heterocycles. The molecule has 122 valence electrons. The van der Waals surface area contributed by atoms with Crippen LogP contribution < -0.4 is 14.8 Å². The molecule has 0 radical (unpaired) electrons. The summed E-state index contributed by atoms with van der Waals surface area (Å²) in [5.74, 6) is -1.40. The fourth-order valence-corrected chi connectivity index (χ4v) is 2.03. The van der Waals surface area contributed by atoms with Gasteiger partial charge in [-0.25, -0.2) is 8.78 Å². The van der Waals surface area contributed by atoms with Gasteiger partial charge in [0.25, 0.3) is 5.69 Å². The van der Waals surface area contributed by atoms with Crippen molar-refractivity contribution in [3.8, 4) is 11.5 Å². The number of nitro groups is 1. The molecule has 23 heavy (non-hydrogen) atoms. The average Bonchev–Trinajstić information content (AvgIpc) is 2.54. The summed E-state index contributed by atoms with van der Waals surface area (Å²) in [6.45, 7) is 0.0295. The Morgan fingerprint density at radius 3 is 2.30 bits per heavy atom. The molecule has 2 rings (SSSR count). The number of ether oxygens (including phenoxy) is 2. The Morgan fingerprint density at radius 2 is 1.74 bits per heavy atom. The zero-order valence-corrected chi connectivity index (χ0v) is 12.4. The van der Waals surface area contributed by atoms with Crippen LogP contribution in [0.4, 0.5) is 20.2 Å². The second-order valence-corrected chi connectivity index (χ2v) is 4.58. The molecule has 0 bridgehead atoms. The van der Waals surface area contributed by atoms with Crippen molar-refractivity contribution in [2.75, 3.05) is 19.5 Å². The topological polar surface area (TPSA) is 73.6 Å². The Bertz CT molecular complexity index is 738. The highest BCUT2D eigenvalue weighted by atomic mass is 19.2. The first kappa shape index (κ1) is 16.5. The molecule has 6 nitrogen and oxygen atoms in total. The van der Waals surface area contributed by atoms with E-state index < -0.39 is 16.6 Å². The fourth-order valence-electron chi connectivity index (χ4n) is 2.03. The summed E-state index contributed by atoms with van der Waals surface area (Å²) in [6, 6.07) is 6.00. The Hall–Kier alpha value is -2.90. The van der Waals surface area contributed by atoms with Gasteiger partial charge in [0, 0.05) is 18.3 Å². The molecule has 0 atom stereocenters. The van der Waals surface area contributed by atoms with Crippen LogP contribution in [0, 0.1) is 21.7 Å². The highest BCUT2D eigenvalue weighted by Gasteiger charge is 2.19. The summed E-state index contributed by atoms with van der Waals surface area (Å²) >= 11 is 0. The van der Waals surface area contributed by atoms with Gasteiger partial charge in [0.15, 0.2) is 23.1 Å². The standard InChI is InChI=1S/C15H14F2N2O4/c1-22-14-5-9(13(19(20)21)7-15(14)23-2)8-18-10-3-4-11(16)12(17)6-10/h3-7,18H,8H2,1-2H3. The first-order valence-corrected chi connectivity index (χ1v) is 6.54. The SMILES string of the molecule is COc1cc(CNc2ccc(F)c(F)c2)c([N+](=O)[O-])cc1OC. The molecule has 1 N–H and O–H groups in total. The van der Waals surface area contributed by atoms with E-state index in [1.54, 1.807) is 0 Å². The molecule has 0 spiro atoms. The fraction of sp³-hybridized carbons (Fsp3) is 0.200. The third kappa shape index (κ3) is 3.65. The predicted octanol–water partition coefficient (Wildman–Crippen LogP) is 3.50. The number of nitrogens with zero attached hydrogens (tertiary/aromatic N) is 1. The van der Waals surface area contributed by atoms with E-state index in [0.717, 1.165) is 12.1 Å². The quantitative estimate of drug-likeness (QED) is 0.650. The maximum Gasteiger partial charge on any atom is 0.278 e. The number of nitrogens with one attached hydrogen (secondary N) is 1. The van der Waals surface area contributed by atoms with Crippen LogP contribution in [0.5, 0.6) is 11.5 Å². The maximum absolute atomic E-state index is 13.2. The summed E-state index contributed by atoms with van der Waals surface area (Å²) in [5.41, 5.74) is 0.447. The van der Waals surface area contributed by atoms with Crippen molar-refractivity contribution in [3.63, 3.8) is 0 Å². The smallest absolute Gasteiger partial charge is 0.278 e. The van der Waals surface area contributed by atoms with Gasteiger partial charge in [-0.15, -0.1) is 0 Å². The van der Waals surface area contributed by atoms with Gasteiger partial charge in [0.05, 0.1) is 30.8 Å². The van der Waals surface area contributed by atoms with E-state index in [4.69, 9.17) is 9.47 Å².